The van der Waals surface area contributed by atoms with Gasteiger partial charge >= 0.3 is 0 Å². The highest BCUT2D eigenvalue weighted by Crippen LogP contribution is 2.21. The zero-order valence-electron chi connectivity index (χ0n) is 18.5. The third-order valence-corrected chi connectivity index (χ3v) is 5.39. The van der Waals surface area contributed by atoms with E-state index < -0.39 is 0 Å². The monoisotopic (exact) mass is 526 g/mol. The maximum Gasteiger partial charge on any atom is 0.194 e. The zero-order chi connectivity index (χ0) is 20.6. The predicted octanol–water partition coefficient (Wildman–Crippen LogP) is 3.59. The van der Waals surface area contributed by atoms with Crippen molar-refractivity contribution in [2.45, 2.75) is 46.7 Å². The van der Waals surface area contributed by atoms with Gasteiger partial charge < -0.3 is 19.5 Å². The smallest absolute Gasteiger partial charge is 0.194 e. The topological polar surface area (TPSA) is 67.6 Å². The molecule has 0 amide bonds. The standard InChI is InChI=1S/C22H34N6O.HI/c1-5-21-26-25-16-27(21)11-10-23-22(28-14-17(2)12-18(3)15-28)24-13-19-6-8-20(29-4)9-7-19;/h6-9,16-18H,5,10-15H2,1-4H3,(H,23,24);1H. The highest BCUT2D eigenvalue weighted by Gasteiger charge is 2.24. The van der Waals surface area contributed by atoms with Gasteiger partial charge in [0.1, 0.15) is 17.9 Å². The molecule has 2 heterocycles. The summed E-state index contributed by atoms with van der Waals surface area (Å²) in [5.41, 5.74) is 1.18. The van der Waals surface area contributed by atoms with E-state index >= 15 is 0 Å². The SMILES string of the molecule is CCc1nncn1CCNC(=NCc1ccc(OC)cc1)N1CC(C)CC(C)C1.I. The molecule has 2 atom stereocenters. The van der Waals surface area contributed by atoms with Gasteiger partial charge in [-0.15, -0.1) is 34.2 Å². The van der Waals surface area contributed by atoms with Gasteiger partial charge in [-0.1, -0.05) is 32.9 Å². The Morgan fingerprint density at radius 2 is 1.90 bits per heavy atom. The summed E-state index contributed by atoms with van der Waals surface area (Å²) in [6, 6.07) is 8.13. The number of ether oxygens (including phenoxy) is 1. The molecule has 0 saturated carbocycles. The first-order valence-electron chi connectivity index (χ1n) is 10.6. The number of aliphatic imine (C=N–C) groups is 1. The molecular formula is C22H35IN6O. The lowest BCUT2D eigenvalue weighted by atomic mass is 9.92. The van der Waals surface area contributed by atoms with Crippen molar-refractivity contribution in [3.05, 3.63) is 42.0 Å². The predicted molar refractivity (Wildman–Crippen MR) is 131 cm³/mol. The number of nitrogens with zero attached hydrogens (tertiary/aromatic N) is 5. The minimum absolute atomic E-state index is 0. The fraction of sp³-hybridized carbons (Fsp3) is 0.591. The van der Waals surface area contributed by atoms with Crippen LogP contribution < -0.4 is 10.1 Å². The Hall–Kier alpha value is -1.84. The van der Waals surface area contributed by atoms with Crippen LogP contribution in [0.3, 0.4) is 0 Å². The number of aryl methyl sites for hydroxylation is 1. The molecule has 1 fully saturated rings. The van der Waals surface area contributed by atoms with Crippen molar-refractivity contribution in [2.24, 2.45) is 16.8 Å². The van der Waals surface area contributed by atoms with Crippen molar-refractivity contribution in [3.63, 3.8) is 0 Å². The molecule has 3 rings (SSSR count). The summed E-state index contributed by atoms with van der Waals surface area (Å²) in [7, 11) is 1.69. The first kappa shape index (κ1) is 24.4. The zero-order valence-corrected chi connectivity index (χ0v) is 20.9. The largest absolute Gasteiger partial charge is 0.497 e. The molecule has 0 aliphatic carbocycles. The van der Waals surface area contributed by atoms with Crippen LogP contribution in [0.1, 0.15) is 38.6 Å². The molecule has 1 aromatic heterocycles. The van der Waals surface area contributed by atoms with Crippen LogP contribution in [0.15, 0.2) is 35.6 Å². The molecule has 0 spiro atoms. The Balaban J connectivity index is 0.00000320. The normalized spacial score (nSPS) is 19.3. The lowest BCUT2D eigenvalue weighted by Crippen LogP contribution is -2.49. The minimum atomic E-state index is 0. The van der Waals surface area contributed by atoms with Gasteiger partial charge in [0, 0.05) is 32.6 Å². The summed E-state index contributed by atoms with van der Waals surface area (Å²) in [5.74, 6) is 4.23. The number of likely N-dealkylation sites (tertiary alicyclic amines) is 1. The molecule has 1 aliphatic heterocycles. The van der Waals surface area contributed by atoms with E-state index in [4.69, 9.17) is 9.73 Å². The maximum atomic E-state index is 5.25. The van der Waals surface area contributed by atoms with Crippen molar-refractivity contribution in [3.8, 4) is 5.75 Å². The van der Waals surface area contributed by atoms with E-state index in [1.54, 1.807) is 13.4 Å². The molecule has 1 aromatic carbocycles. The third kappa shape index (κ3) is 6.85. The Morgan fingerprint density at radius 1 is 1.20 bits per heavy atom. The van der Waals surface area contributed by atoms with Gasteiger partial charge in [0.2, 0.25) is 0 Å². The first-order valence-corrected chi connectivity index (χ1v) is 10.6. The van der Waals surface area contributed by atoms with E-state index in [0.29, 0.717) is 18.4 Å². The van der Waals surface area contributed by atoms with E-state index in [-0.39, 0.29) is 24.0 Å². The second-order valence-corrected chi connectivity index (χ2v) is 8.06. The van der Waals surface area contributed by atoms with Gasteiger partial charge in [-0.2, -0.15) is 0 Å². The minimum Gasteiger partial charge on any atom is -0.497 e. The van der Waals surface area contributed by atoms with Crippen LogP contribution in [-0.4, -0.2) is 52.4 Å². The average molecular weight is 526 g/mol. The van der Waals surface area contributed by atoms with Crippen molar-refractivity contribution in [2.75, 3.05) is 26.7 Å². The summed E-state index contributed by atoms with van der Waals surface area (Å²) in [5, 5.41) is 11.8. The number of benzene rings is 1. The van der Waals surface area contributed by atoms with Gasteiger partial charge in [0.05, 0.1) is 13.7 Å². The summed E-state index contributed by atoms with van der Waals surface area (Å²) >= 11 is 0. The molecule has 7 nitrogen and oxygen atoms in total. The van der Waals surface area contributed by atoms with Gasteiger partial charge in [0.15, 0.2) is 5.96 Å². The van der Waals surface area contributed by atoms with Gasteiger partial charge in [-0.3, -0.25) is 0 Å². The molecule has 8 heteroatoms. The molecule has 1 saturated heterocycles. The number of aromatic nitrogens is 3. The Morgan fingerprint density at radius 3 is 2.53 bits per heavy atom. The molecule has 0 bridgehead atoms. The second kappa shape index (κ2) is 12.1. The van der Waals surface area contributed by atoms with Crippen LogP contribution in [0.5, 0.6) is 5.75 Å². The van der Waals surface area contributed by atoms with Crippen molar-refractivity contribution in [1.29, 1.82) is 0 Å². The van der Waals surface area contributed by atoms with Crippen molar-refractivity contribution < 1.29 is 4.74 Å². The quantitative estimate of drug-likeness (QED) is 0.340. The van der Waals surface area contributed by atoms with E-state index in [2.05, 4.69) is 57.9 Å². The van der Waals surface area contributed by atoms with E-state index in [0.717, 1.165) is 50.1 Å². The Labute approximate surface area is 197 Å². The van der Waals surface area contributed by atoms with Gasteiger partial charge in [-0.05, 0) is 36.0 Å². The van der Waals surface area contributed by atoms with Crippen LogP contribution in [0.2, 0.25) is 0 Å². The third-order valence-electron chi connectivity index (χ3n) is 5.39. The molecular weight excluding hydrogens is 491 g/mol. The summed E-state index contributed by atoms with van der Waals surface area (Å²) < 4.78 is 7.36. The fourth-order valence-electron chi connectivity index (χ4n) is 4.03. The van der Waals surface area contributed by atoms with Crippen molar-refractivity contribution in [1.82, 2.24) is 25.0 Å². The Bertz CT molecular complexity index is 781. The molecule has 0 radical (unpaired) electrons. The Kier molecular flexibility index (Phi) is 9.87. The molecule has 30 heavy (non-hydrogen) atoms. The number of hydrogen-bond acceptors (Lipinski definition) is 4. The molecule has 2 unspecified atom stereocenters. The number of halogens is 1. The van der Waals surface area contributed by atoms with Gasteiger partial charge in [0.25, 0.3) is 0 Å². The molecule has 2 aromatic rings. The van der Waals surface area contributed by atoms with Crippen LogP contribution in [-0.2, 0) is 19.5 Å². The number of hydrogen-bond donors (Lipinski definition) is 1. The fourth-order valence-corrected chi connectivity index (χ4v) is 4.03. The summed E-state index contributed by atoms with van der Waals surface area (Å²) in [6.07, 6.45) is 3.97. The summed E-state index contributed by atoms with van der Waals surface area (Å²) in [6.45, 7) is 11.1. The van der Waals surface area contributed by atoms with E-state index in [1.807, 2.05) is 12.1 Å². The summed E-state index contributed by atoms with van der Waals surface area (Å²) in [4.78, 5) is 7.37. The van der Waals surface area contributed by atoms with E-state index in [9.17, 15) is 0 Å². The van der Waals surface area contributed by atoms with Crippen LogP contribution in [0.25, 0.3) is 0 Å². The van der Waals surface area contributed by atoms with Crippen LogP contribution in [0, 0.1) is 11.8 Å². The van der Waals surface area contributed by atoms with E-state index in [1.165, 1.54) is 12.0 Å². The lowest BCUT2D eigenvalue weighted by molar-refractivity contribution is 0.208. The molecule has 1 N–H and O–H groups in total. The average Bonchev–Trinajstić information content (AvgIpc) is 3.17. The first-order chi connectivity index (χ1) is 14.1. The maximum absolute atomic E-state index is 5.25. The molecule has 166 valence electrons. The number of nitrogens with one attached hydrogen (secondary N) is 1. The van der Waals surface area contributed by atoms with Crippen LogP contribution >= 0.6 is 24.0 Å². The number of rotatable bonds is 7. The highest BCUT2D eigenvalue weighted by molar-refractivity contribution is 14.0. The van der Waals surface area contributed by atoms with Crippen LogP contribution in [0.4, 0.5) is 0 Å². The number of guanidine groups is 1. The lowest BCUT2D eigenvalue weighted by Gasteiger charge is -2.37. The molecule has 1 aliphatic rings. The number of methoxy groups -OCH3 is 1. The van der Waals surface area contributed by atoms with Crippen molar-refractivity contribution >= 4 is 29.9 Å². The second-order valence-electron chi connectivity index (χ2n) is 8.06. The highest BCUT2D eigenvalue weighted by atomic mass is 127. The number of piperidine rings is 1. The van der Waals surface area contributed by atoms with Gasteiger partial charge in [-0.25, -0.2) is 4.99 Å².